The highest BCUT2D eigenvalue weighted by atomic mass is 16.6. The van der Waals surface area contributed by atoms with Crippen molar-refractivity contribution < 1.29 is 19.1 Å². The third kappa shape index (κ3) is 4.22. The molecule has 6 nitrogen and oxygen atoms in total. The molecule has 0 aromatic heterocycles. The van der Waals surface area contributed by atoms with Gasteiger partial charge in [-0.05, 0) is 31.9 Å². The van der Waals surface area contributed by atoms with E-state index in [0.717, 1.165) is 16.7 Å². The molecule has 0 saturated carbocycles. The minimum absolute atomic E-state index is 0.109. The number of amides is 2. The van der Waals surface area contributed by atoms with Gasteiger partial charge >= 0.3 is 12.0 Å². The van der Waals surface area contributed by atoms with Gasteiger partial charge in [-0.2, -0.15) is 0 Å². The van der Waals surface area contributed by atoms with Gasteiger partial charge in [0, 0.05) is 6.54 Å². The highest BCUT2D eigenvalue weighted by Crippen LogP contribution is 2.19. The lowest BCUT2D eigenvalue weighted by atomic mass is 10.00. The molecule has 0 spiro atoms. The predicted molar refractivity (Wildman–Crippen MR) is 86.2 cm³/mol. The standard InChI is InChI=1S/C17H24N2O4/c1-11-5-6-12(2)14(9-11)13(3)18-17(21)19-7-8-23-15(10-19)16(20)22-4/h5-6,9,13,15H,7-8,10H2,1-4H3,(H,18,21)/t13-,15-/m1/s1. The second kappa shape index (κ2) is 7.46. The number of carbonyl (C=O) groups is 2. The van der Waals surface area contributed by atoms with E-state index in [2.05, 4.69) is 28.3 Å². The lowest BCUT2D eigenvalue weighted by molar-refractivity contribution is -0.158. The number of urea groups is 1. The highest BCUT2D eigenvalue weighted by molar-refractivity contribution is 5.78. The van der Waals surface area contributed by atoms with Gasteiger partial charge in [-0.15, -0.1) is 0 Å². The number of benzene rings is 1. The van der Waals surface area contributed by atoms with Crippen molar-refractivity contribution in [1.29, 1.82) is 0 Å². The molecule has 1 saturated heterocycles. The Hall–Kier alpha value is -2.08. The molecule has 0 aliphatic carbocycles. The summed E-state index contributed by atoms with van der Waals surface area (Å²) in [5.74, 6) is -0.454. The molecule has 1 aromatic rings. The lowest BCUT2D eigenvalue weighted by Crippen LogP contribution is -2.52. The molecule has 1 aliphatic heterocycles. The minimum Gasteiger partial charge on any atom is -0.467 e. The number of nitrogens with zero attached hydrogens (tertiary/aromatic N) is 1. The first-order chi connectivity index (χ1) is 10.9. The Morgan fingerprint density at radius 1 is 1.39 bits per heavy atom. The summed E-state index contributed by atoms with van der Waals surface area (Å²) in [5.41, 5.74) is 3.39. The third-order valence-corrected chi connectivity index (χ3v) is 4.06. The molecule has 1 N–H and O–H groups in total. The zero-order valence-corrected chi connectivity index (χ0v) is 14.1. The van der Waals surface area contributed by atoms with Crippen LogP contribution in [0.2, 0.25) is 0 Å². The second-order valence-electron chi connectivity index (χ2n) is 5.86. The SMILES string of the molecule is COC(=O)[C@H]1CN(C(=O)N[C@H](C)c2cc(C)ccc2C)CCO1. The first-order valence-electron chi connectivity index (χ1n) is 7.74. The van der Waals surface area contributed by atoms with Crippen LogP contribution in [0.5, 0.6) is 0 Å². The molecule has 2 atom stereocenters. The zero-order valence-electron chi connectivity index (χ0n) is 14.1. The van der Waals surface area contributed by atoms with Crippen LogP contribution in [0.15, 0.2) is 18.2 Å². The summed E-state index contributed by atoms with van der Waals surface area (Å²) >= 11 is 0. The van der Waals surface area contributed by atoms with E-state index >= 15 is 0 Å². The number of nitrogens with one attached hydrogen (secondary N) is 1. The van der Waals surface area contributed by atoms with Crippen LogP contribution in [0.3, 0.4) is 0 Å². The van der Waals surface area contributed by atoms with E-state index in [9.17, 15) is 9.59 Å². The topological polar surface area (TPSA) is 67.9 Å². The van der Waals surface area contributed by atoms with Crippen molar-refractivity contribution in [2.24, 2.45) is 0 Å². The number of esters is 1. The highest BCUT2D eigenvalue weighted by Gasteiger charge is 2.30. The van der Waals surface area contributed by atoms with Crippen LogP contribution in [0.25, 0.3) is 0 Å². The molecule has 1 aliphatic rings. The fourth-order valence-electron chi connectivity index (χ4n) is 2.69. The number of methoxy groups -OCH3 is 1. The molecule has 0 unspecified atom stereocenters. The number of rotatable bonds is 3. The van der Waals surface area contributed by atoms with Crippen LogP contribution in [0.1, 0.15) is 29.7 Å². The molecule has 6 heteroatoms. The van der Waals surface area contributed by atoms with E-state index in [-0.39, 0.29) is 18.6 Å². The maximum absolute atomic E-state index is 12.4. The second-order valence-corrected chi connectivity index (χ2v) is 5.86. The Balaban J connectivity index is 2.00. The van der Waals surface area contributed by atoms with Gasteiger partial charge in [-0.25, -0.2) is 9.59 Å². The van der Waals surface area contributed by atoms with Crippen molar-refractivity contribution in [1.82, 2.24) is 10.2 Å². The fourth-order valence-corrected chi connectivity index (χ4v) is 2.69. The van der Waals surface area contributed by atoms with Crippen LogP contribution < -0.4 is 5.32 Å². The molecular formula is C17H24N2O4. The van der Waals surface area contributed by atoms with Gasteiger partial charge in [0.2, 0.25) is 0 Å². The largest absolute Gasteiger partial charge is 0.467 e. The molecule has 1 aromatic carbocycles. The van der Waals surface area contributed by atoms with Gasteiger partial charge < -0.3 is 19.7 Å². The minimum atomic E-state index is -0.712. The molecule has 23 heavy (non-hydrogen) atoms. The normalized spacial score (nSPS) is 19.1. The summed E-state index contributed by atoms with van der Waals surface area (Å²) in [7, 11) is 1.31. The van der Waals surface area contributed by atoms with E-state index in [4.69, 9.17) is 4.74 Å². The van der Waals surface area contributed by atoms with E-state index in [1.807, 2.05) is 20.8 Å². The van der Waals surface area contributed by atoms with Gasteiger partial charge in [0.05, 0.1) is 26.3 Å². The number of morpholine rings is 1. The van der Waals surface area contributed by atoms with Gasteiger partial charge in [0.25, 0.3) is 0 Å². The van der Waals surface area contributed by atoms with E-state index in [1.165, 1.54) is 7.11 Å². The predicted octanol–water partition coefficient (Wildman–Crippen LogP) is 1.95. The quantitative estimate of drug-likeness (QED) is 0.864. The number of aryl methyl sites for hydroxylation is 2. The molecule has 0 bridgehead atoms. The van der Waals surface area contributed by atoms with E-state index in [0.29, 0.717) is 13.2 Å². The van der Waals surface area contributed by atoms with E-state index in [1.54, 1.807) is 4.90 Å². The Morgan fingerprint density at radius 2 is 2.13 bits per heavy atom. The summed E-state index contributed by atoms with van der Waals surface area (Å²) in [6.45, 7) is 7.00. The summed E-state index contributed by atoms with van der Waals surface area (Å²) < 4.78 is 10.0. The average molecular weight is 320 g/mol. The number of hydrogen-bond acceptors (Lipinski definition) is 4. The maximum Gasteiger partial charge on any atom is 0.336 e. The van der Waals surface area contributed by atoms with Crippen molar-refractivity contribution >= 4 is 12.0 Å². The molecule has 1 heterocycles. The van der Waals surface area contributed by atoms with Crippen molar-refractivity contribution in [3.63, 3.8) is 0 Å². The molecule has 0 radical (unpaired) electrons. The number of carbonyl (C=O) groups excluding carboxylic acids is 2. The van der Waals surface area contributed by atoms with Crippen molar-refractivity contribution in [3.8, 4) is 0 Å². The monoisotopic (exact) mass is 320 g/mol. The Bertz CT molecular complexity index is 588. The zero-order chi connectivity index (χ0) is 17.0. The van der Waals surface area contributed by atoms with Crippen LogP contribution >= 0.6 is 0 Å². The molecule has 2 amide bonds. The molecule has 126 valence electrons. The van der Waals surface area contributed by atoms with Gasteiger partial charge in [0.15, 0.2) is 6.10 Å². The smallest absolute Gasteiger partial charge is 0.336 e. The first kappa shape index (κ1) is 17.3. The Morgan fingerprint density at radius 3 is 2.83 bits per heavy atom. The van der Waals surface area contributed by atoms with Crippen LogP contribution in [0, 0.1) is 13.8 Å². The third-order valence-electron chi connectivity index (χ3n) is 4.06. The van der Waals surface area contributed by atoms with Crippen molar-refractivity contribution in [2.45, 2.75) is 32.9 Å². The van der Waals surface area contributed by atoms with Crippen molar-refractivity contribution in [3.05, 3.63) is 34.9 Å². The molecular weight excluding hydrogens is 296 g/mol. The molecule has 1 fully saturated rings. The van der Waals surface area contributed by atoms with Crippen molar-refractivity contribution in [2.75, 3.05) is 26.8 Å². The Kier molecular flexibility index (Phi) is 5.60. The van der Waals surface area contributed by atoms with Crippen LogP contribution in [-0.2, 0) is 14.3 Å². The summed E-state index contributed by atoms with van der Waals surface area (Å²) in [4.78, 5) is 25.6. The van der Waals surface area contributed by atoms with Crippen LogP contribution in [-0.4, -0.2) is 49.8 Å². The average Bonchev–Trinajstić information content (AvgIpc) is 2.56. The number of hydrogen-bond donors (Lipinski definition) is 1. The lowest BCUT2D eigenvalue weighted by Gasteiger charge is -2.32. The van der Waals surface area contributed by atoms with Gasteiger partial charge in [0.1, 0.15) is 0 Å². The maximum atomic E-state index is 12.4. The molecule has 2 rings (SSSR count). The van der Waals surface area contributed by atoms with E-state index < -0.39 is 12.1 Å². The first-order valence-corrected chi connectivity index (χ1v) is 7.74. The number of ether oxygens (including phenoxy) is 2. The fraction of sp³-hybridized carbons (Fsp3) is 0.529. The van der Waals surface area contributed by atoms with Crippen LogP contribution in [0.4, 0.5) is 4.79 Å². The summed E-state index contributed by atoms with van der Waals surface area (Å²) in [5, 5.41) is 2.99. The Labute approximate surface area is 136 Å². The summed E-state index contributed by atoms with van der Waals surface area (Å²) in [6.07, 6.45) is -0.712. The summed E-state index contributed by atoms with van der Waals surface area (Å²) in [6, 6.07) is 5.88. The van der Waals surface area contributed by atoms with Gasteiger partial charge in [-0.1, -0.05) is 23.8 Å². The van der Waals surface area contributed by atoms with Gasteiger partial charge in [-0.3, -0.25) is 0 Å².